The standard InChI is InChI=1S/C18H18N2O3/c1-10-6-11(2)8-13(7-10)18(22)19-14-4-5-16-15(9-14)20-17(21)12(3)23-16/h4-9,12H,1-3H3,(H,19,22)(H,20,21)/t12-/m0/s1. The van der Waals surface area contributed by atoms with Gasteiger partial charge in [-0.2, -0.15) is 0 Å². The van der Waals surface area contributed by atoms with Gasteiger partial charge in [-0.3, -0.25) is 9.59 Å². The Labute approximate surface area is 134 Å². The fourth-order valence-corrected chi connectivity index (χ4v) is 2.60. The van der Waals surface area contributed by atoms with Crippen molar-refractivity contribution in [1.29, 1.82) is 0 Å². The molecule has 0 aromatic heterocycles. The van der Waals surface area contributed by atoms with E-state index in [1.807, 2.05) is 32.0 Å². The van der Waals surface area contributed by atoms with Crippen LogP contribution in [0.2, 0.25) is 0 Å². The molecule has 0 bridgehead atoms. The first-order chi connectivity index (χ1) is 10.9. The maximum Gasteiger partial charge on any atom is 0.265 e. The quantitative estimate of drug-likeness (QED) is 0.894. The average molecular weight is 310 g/mol. The van der Waals surface area contributed by atoms with Crippen LogP contribution in [0, 0.1) is 13.8 Å². The van der Waals surface area contributed by atoms with Crippen molar-refractivity contribution in [3.8, 4) is 5.75 Å². The van der Waals surface area contributed by atoms with Crippen molar-refractivity contribution >= 4 is 23.2 Å². The molecule has 1 atom stereocenters. The highest BCUT2D eigenvalue weighted by molar-refractivity contribution is 6.05. The Kier molecular flexibility index (Phi) is 3.78. The Morgan fingerprint density at radius 2 is 1.83 bits per heavy atom. The third-order valence-corrected chi connectivity index (χ3v) is 3.65. The molecule has 2 aromatic carbocycles. The second kappa shape index (κ2) is 5.76. The van der Waals surface area contributed by atoms with Crippen LogP contribution in [0.4, 0.5) is 11.4 Å². The molecular weight excluding hydrogens is 292 g/mol. The lowest BCUT2D eigenvalue weighted by Crippen LogP contribution is -2.34. The Balaban J connectivity index is 1.82. The predicted molar refractivity (Wildman–Crippen MR) is 89.0 cm³/mol. The lowest BCUT2D eigenvalue weighted by atomic mass is 10.1. The zero-order valence-electron chi connectivity index (χ0n) is 13.3. The number of nitrogens with one attached hydrogen (secondary N) is 2. The minimum atomic E-state index is -0.516. The van der Waals surface area contributed by atoms with Crippen molar-refractivity contribution in [1.82, 2.24) is 0 Å². The molecule has 118 valence electrons. The van der Waals surface area contributed by atoms with E-state index in [2.05, 4.69) is 10.6 Å². The van der Waals surface area contributed by atoms with Crippen molar-refractivity contribution in [3.05, 3.63) is 53.1 Å². The summed E-state index contributed by atoms with van der Waals surface area (Å²) in [5.74, 6) is 0.213. The van der Waals surface area contributed by atoms with E-state index in [1.165, 1.54) is 0 Å². The Morgan fingerprint density at radius 1 is 1.13 bits per heavy atom. The summed E-state index contributed by atoms with van der Waals surface area (Å²) in [6.45, 7) is 5.60. The van der Waals surface area contributed by atoms with Gasteiger partial charge in [0.25, 0.3) is 11.8 Å². The Morgan fingerprint density at radius 3 is 2.52 bits per heavy atom. The molecule has 2 N–H and O–H groups in total. The number of carbonyl (C=O) groups is 2. The Bertz CT molecular complexity index is 779. The number of rotatable bonds is 2. The van der Waals surface area contributed by atoms with Crippen molar-refractivity contribution in [2.75, 3.05) is 10.6 Å². The second-order valence-corrected chi connectivity index (χ2v) is 5.79. The normalized spacial score (nSPS) is 16.1. The molecule has 0 fully saturated rings. The lowest BCUT2D eigenvalue weighted by Gasteiger charge is -2.23. The highest BCUT2D eigenvalue weighted by atomic mass is 16.5. The zero-order valence-corrected chi connectivity index (χ0v) is 13.3. The summed E-state index contributed by atoms with van der Waals surface area (Å²) < 4.78 is 5.50. The van der Waals surface area contributed by atoms with Crippen molar-refractivity contribution in [2.45, 2.75) is 26.9 Å². The molecule has 2 amide bonds. The van der Waals surface area contributed by atoms with Crippen LogP contribution in [0.3, 0.4) is 0 Å². The van der Waals surface area contributed by atoms with Crippen LogP contribution in [0.1, 0.15) is 28.4 Å². The number of amides is 2. The number of hydrogen-bond acceptors (Lipinski definition) is 3. The van der Waals surface area contributed by atoms with Crippen molar-refractivity contribution in [3.63, 3.8) is 0 Å². The number of aryl methyl sites for hydroxylation is 2. The number of anilines is 2. The molecule has 0 aliphatic carbocycles. The van der Waals surface area contributed by atoms with Crippen LogP contribution < -0.4 is 15.4 Å². The van der Waals surface area contributed by atoms with Gasteiger partial charge in [-0.15, -0.1) is 0 Å². The highest BCUT2D eigenvalue weighted by Crippen LogP contribution is 2.32. The van der Waals surface area contributed by atoms with Crippen molar-refractivity contribution < 1.29 is 14.3 Å². The third kappa shape index (κ3) is 3.18. The molecule has 2 aromatic rings. The molecule has 3 rings (SSSR count). The molecule has 5 nitrogen and oxygen atoms in total. The third-order valence-electron chi connectivity index (χ3n) is 3.65. The zero-order chi connectivity index (χ0) is 16.6. The molecule has 1 aliphatic rings. The molecule has 0 spiro atoms. The number of fused-ring (bicyclic) bond motifs is 1. The van der Waals surface area contributed by atoms with E-state index < -0.39 is 6.10 Å². The number of carbonyl (C=O) groups excluding carboxylic acids is 2. The summed E-state index contributed by atoms with van der Waals surface area (Å²) in [6, 6.07) is 10.9. The fourth-order valence-electron chi connectivity index (χ4n) is 2.60. The summed E-state index contributed by atoms with van der Waals surface area (Å²) in [4.78, 5) is 24.0. The predicted octanol–water partition coefficient (Wildman–Crippen LogP) is 3.28. The van der Waals surface area contributed by atoms with Gasteiger partial charge >= 0.3 is 0 Å². The van der Waals surface area contributed by atoms with Crippen LogP contribution in [-0.2, 0) is 4.79 Å². The molecule has 23 heavy (non-hydrogen) atoms. The van der Waals surface area contributed by atoms with Gasteiger partial charge in [0.2, 0.25) is 0 Å². The molecule has 1 heterocycles. The molecule has 0 radical (unpaired) electrons. The molecular formula is C18H18N2O3. The minimum absolute atomic E-state index is 0.187. The van der Waals surface area contributed by atoms with Gasteiger partial charge < -0.3 is 15.4 Å². The van der Waals surface area contributed by atoms with Gasteiger partial charge in [-0.1, -0.05) is 17.2 Å². The summed E-state index contributed by atoms with van der Waals surface area (Å²) in [5, 5.41) is 5.61. The van der Waals surface area contributed by atoms with Crippen LogP contribution in [-0.4, -0.2) is 17.9 Å². The van der Waals surface area contributed by atoms with Crippen LogP contribution in [0.5, 0.6) is 5.75 Å². The van der Waals surface area contributed by atoms with E-state index in [9.17, 15) is 9.59 Å². The molecule has 0 saturated carbocycles. The lowest BCUT2D eigenvalue weighted by molar-refractivity contribution is -0.122. The average Bonchev–Trinajstić information content (AvgIpc) is 2.47. The smallest absolute Gasteiger partial charge is 0.265 e. The first-order valence-corrected chi connectivity index (χ1v) is 7.43. The summed E-state index contributed by atoms with van der Waals surface area (Å²) >= 11 is 0. The minimum Gasteiger partial charge on any atom is -0.479 e. The summed E-state index contributed by atoms with van der Waals surface area (Å²) in [6.07, 6.45) is -0.516. The Hall–Kier alpha value is -2.82. The summed E-state index contributed by atoms with van der Waals surface area (Å²) in [5.41, 5.74) is 3.84. The number of hydrogen-bond donors (Lipinski definition) is 2. The number of ether oxygens (including phenoxy) is 1. The van der Waals surface area contributed by atoms with Gasteiger partial charge in [0.1, 0.15) is 5.75 Å². The van der Waals surface area contributed by atoms with Gasteiger partial charge in [-0.05, 0) is 51.1 Å². The van der Waals surface area contributed by atoms with Gasteiger partial charge in [0.15, 0.2) is 6.10 Å². The maximum atomic E-state index is 12.4. The topological polar surface area (TPSA) is 67.4 Å². The SMILES string of the molecule is Cc1cc(C)cc(C(=O)Nc2ccc3c(c2)NC(=O)[C@H](C)O3)c1. The van der Waals surface area contributed by atoms with E-state index >= 15 is 0 Å². The van der Waals surface area contributed by atoms with Crippen LogP contribution in [0.25, 0.3) is 0 Å². The maximum absolute atomic E-state index is 12.4. The molecule has 1 aliphatic heterocycles. The fraction of sp³-hybridized carbons (Fsp3) is 0.222. The van der Waals surface area contributed by atoms with Crippen LogP contribution >= 0.6 is 0 Å². The molecule has 0 saturated heterocycles. The molecule has 0 unspecified atom stereocenters. The van der Waals surface area contributed by atoms with Gasteiger partial charge in [0.05, 0.1) is 5.69 Å². The van der Waals surface area contributed by atoms with Gasteiger partial charge in [0, 0.05) is 11.3 Å². The van der Waals surface area contributed by atoms with E-state index in [1.54, 1.807) is 25.1 Å². The highest BCUT2D eigenvalue weighted by Gasteiger charge is 2.23. The van der Waals surface area contributed by atoms with E-state index in [4.69, 9.17) is 4.74 Å². The number of benzene rings is 2. The first kappa shape index (κ1) is 15.1. The first-order valence-electron chi connectivity index (χ1n) is 7.43. The van der Waals surface area contributed by atoms with E-state index in [0.29, 0.717) is 22.7 Å². The van der Waals surface area contributed by atoms with Gasteiger partial charge in [-0.25, -0.2) is 0 Å². The molecule has 5 heteroatoms. The summed E-state index contributed by atoms with van der Waals surface area (Å²) in [7, 11) is 0. The largest absolute Gasteiger partial charge is 0.479 e. The van der Waals surface area contributed by atoms with E-state index in [0.717, 1.165) is 11.1 Å². The second-order valence-electron chi connectivity index (χ2n) is 5.79. The monoisotopic (exact) mass is 310 g/mol. The van der Waals surface area contributed by atoms with Crippen LogP contribution in [0.15, 0.2) is 36.4 Å². The van der Waals surface area contributed by atoms with E-state index in [-0.39, 0.29) is 11.8 Å². The van der Waals surface area contributed by atoms with Crippen molar-refractivity contribution in [2.24, 2.45) is 0 Å².